The third-order valence-corrected chi connectivity index (χ3v) is 5.04. The summed E-state index contributed by atoms with van der Waals surface area (Å²) in [4.78, 5) is 4.76. The summed E-state index contributed by atoms with van der Waals surface area (Å²) < 4.78 is 2.20. The van der Waals surface area contributed by atoms with Crippen molar-refractivity contribution in [1.29, 1.82) is 0 Å². The normalized spacial score (nSPS) is 16.5. The van der Waals surface area contributed by atoms with Gasteiger partial charge in [-0.15, -0.1) is 10.2 Å². The van der Waals surface area contributed by atoms with E-state index in [0.717, 1.165) is 51.9 Å². The topological polar surface area (TPSA) is 72.3 Å². The van der Waals surface area contributed by atoms with E-state index in [2.05, 4.69) is 37.1 Å². The van der Waals surface area contributed by atoms with Crippen LogP contribution in [0.4, 0.5) is 0 Å². The van der Waals surface area contributed by atoms with Crippen molar-refractivity contribution in [2.24, 2.45) is 0 Å². The molecule has 0 saturated carbocycles. The SMILES string of the molecule is Cc1n[nH]c2ccc(-c3nnc4n3C(c3ccc(Cl)cc3)CC4)nc12. The Hall–Kier alpha value is -2.73. The van der Waals surface area contributed by atoms with Gasteiger partial charge < -0.3 is 4.57 Å². The molecule has 5 rings (SSSR count). The number of halogens is 1. The number of aromatic amines is 1. The molecule has 0 saturated heterocycles. The van der Waals surface area contributed by atoms with Crippen LogP contribution in [-0.2, 0) is 6.42 Å². The van der Waals surface area contributed by atoms with E-state index in [0.29, 0.717) is 0 Å². The zero-order valence-corrected chi connectivity index (χ0v) is 14.3. The van der Waals surface area contributed by atoms with Gasteiger partial charge in [0, 0.05) is 11.4 Å². The summed E-state index contributed by atoms with van der Waals surface area (Å²) in [5.41, 5.74) is 4.71. The van der Waals surface area contributed by atoms with Crippen molar-refractivity contribution in [2.75, 3.05) is 0 Å². The van der Waals surface area contributed by atoms with Crippen LogP contribution in [0.3, 0.4) is 0 Å². The van der Waals surface area contributed by atoms with Crippen molar-refractivity contribution < 1.29 is 0 Å². The Labute approximate surface area is 148 Å². The molecule has 1 aliphatic rings. The molecule has 124 valence electrons. The van der Waals surface area contributed by atoms with Crippen molar-refractivity contribution in [1.82, 2.24) is 29.9 Å². The van der Waals surface area contributed by atoms with Crippen LogP contribution in [0.1, 0.15) is 29.5 Å². The van der Waals surface area contributed by atoms with E-state index in [-0.39, 0.29) is 6.04 Å². The van der Waals surface area contributed by atoms with E-state index in [1.807, 2.05) is 31.2 Å². The van der Waals surface area contributed by atoms with Crippen LogP contribution < -0.4 is 0 Å². The smallest absolute Gasteiger partial charge is 0.183 e. The van der Waals surface area contributed by atoms with E-state index < -0.39 is 0 Å². The number of H-pyrrole nitrogens is 1. The Morgan fingerprint density at radius 3 is 2.80 bits per heavy atom. The van der Waals surface area contributed by atoms with Gasteiger partial charge in [0.15, 0.2) is 5.82 Å². The molecule has 4 heterocycles. The first-order valence-electron chi connectivity index (χ1n) is 8.22. The van der Waals surface area contributed by atoms with E-state index >= 15 is 0 Å². The van der Waals surface area contributed by atoms with Crippen LogP contribution in [0.5, 0.6) is 0 Å². The first kappa shape index (κ1) is 14.6. The van der Waals surface area contributed by atoms with E-state index in [1.165, 1.54) is 5.56 Å². The third-order valence-electron chi connectivity index (χ3n) is 4.79. The highest BCUT2D eigenvalue weighted by Crippen LogP contribution is 2.35. The maximum absolute atomic E-state index is 6.03. The van der Waals surface area contributed by atoms with E-state index in [4.69, 9.17) is 16.6 Å². The highest BCUT2D eigenvalue weighted by atomic mass is 35.5. The second-order valence-corrected chi connectivity index (χ2v) is 6.75. The molecule has 1 N–H and O–H groups in total. The largest absolute Gasteiger partial charge is 0.302 e. The molecule has 4 aromatic rings. The lowest BCUT2D eigenvalue weighted by Gasteiger charge is -2.15. The van der Waals surface area contributed by atoms with Crippen LogP contribution in [0.25, 0.3) is 22.6 Å². The zero-order chi connectivity index (χ0) is 17.0. The number of aromatic nitrogens is 6. The van der Waals surface area contributed by atoms with Gasteiger partial charge in [-0.3, -0.25) is 5.10 Å². The van der Waals surface area contributed by atoms with Gasteiger partial charge in [-0.1, -0.05) is 23.7 Å². The van der Waals surface area contributed by atoms with Crippen molar-refractivity contribution in [3.05, 3.63) is 58.5 Å². The molecule has 0 fully saturated rings. The molecule has 1 unspecified atom stereocenters. The maximum Gasteiger partial charge on any atom is 0.183 e. The first-order chi connectivity index (χ1) is 12.2. The molecule has 0 bridgehead atoms. The van der Waals surface area contributed by atoms with Crippen molar-refractivity contribution in [3.63, 3.8) is 0 Å². The number of nitrogens with zero attached hydrogens (tertiary/aromatic N) is 5. The average molecular weight is 351 g/mol. The molecular weight excluding hydrogens is 336 g/mol. The van der Waals surface area contributed by atoms with E-state index in [9.17, 15) is 0 Å². The number of aryl methyl sites for hydroxylation is 2. The monoisotopic (exact) mass is 350 g/mol. The Bertz CT molecular complexity index is 1080. The molecule has 25 heavy (non-hydrogen) atoms. The molecule has 1 atom stereocenters. The van der Waals surface area contributed by atoms with Crippen LogP contribution in [-0.4, -0.2) is 29.9 Å². The molecule has 0 spiro atoms. The molecule has 0 aliphatic carbocycles. The van der Waals surface area contributed by atoms with Crippen LogP contribution in [0.2, 0.25) is 5.02 Å². The molecule has 7 heteroatoms. The predicted molar refractivity (Wildman–Crippen MR) is 95.6 cm³/mol. The molecular formula is C18H15ClN6. The van der Waals surface area contributed by atoms with Crippen LogP contribution in [0, 0.1) is 6.92 Å². The quantitative estimate of drug-likeness (QED) is 0.598. The van der Waals surface area contributed by atoms with Crippen LogP contribution in [0.15, 0.2) is 36.4 Å². The molecule has 6 nitrogen and oxygen atoms in total. The Morgan fingerprint density at radius 1 is 1.12 bits per heavy atom. The Kier molecular flexibility index (Phi) is 3.15. The van der Waals surface area contributed by atoms with Crippen LogP contribution >= 0.6 is 11.6 Å². The van der Waals surface area contributed by atoms with Gasteiger partial charge in [0.1, 0.15) is 17.0 Å². The predicted octanol–water partition coefficient (Wildman–Crippen LogP) is 3.71. The summed E-state index contributed by atoms with van der Waals surface area (Å²) >= 11 is 6.03. The fourth-order valence-corrected chi connectivity index (χ4v) is 3.66. The number of nitrogens with one attached hydrogen (secondary N) is 1. The zero-order valence-electron chi connectivity index (χ0n) is 13.6. The summed E-state index contributed by atoms with van der Waals surface area (Å²) in [6, 6.07) is 12.2. The van der Waals surface area contributed by atoms with Crippen molar-refractivity contribution in [2.45, 2.75) is 25.8 Å². The number of hydrogen-bond donors (Lipinski definition) is 1. The summed E-state index contributed by atoms with van der Waals surface area (Å²) in [5.74, 6) is 1.80. The molecule has 1 aromatic carbocycles. The summed E-state index contributed by atoms with van der Waals surface area (Å²) in [5, 5.41) is 16.7. The fraction of sp³-hybridized carbons (Fsp3) is 0.222. The number of hydrogen-bond acceptors (Lipinski definition) is 4. The minimum absolute atomic E-state index is 0.209. The van der Waals surface area contributed by atoms with Crippen molar-refractivity contribution in [3.8, 4) is 11.5 Å². The van der Waals surface area contributed by atoms with E-state index in [1.54, 1.807) is 0 Å². The summed E-state index contributed by atoms with van der Waals surface area (Å²) in [7, 11) is 0. The summed E-state index contributed by atoms with van der Waals surface area (Å²) in [6.07, 6.45) is 1.92. The van der Waals surface area contributed by atoms with Gasteiger partial charge in [-0.25, -0.2) is 4.98 Å². The minimum atomic E-state index is 0.209. The first-order valence-corrected chi connectivity index (χ1v) is 8.60. The highest BCUT2D eigenvalue weighted by molar-refractivity contribution is 6.30. The minimum Gasteiger partial charge on any atom is -0.302 e. The van der Waals surface area contributed by atoms with Crippen molar-refractivity contribution >= 4 is 22.6 Å². The number of fused-ring (bicyclic) bond motifs is 2. The van der Waals surface area contributed by atoms with Gasteiger partial charge in [0.05, 0.1) is 17.3 Å². The van der Waals surface area contributed by atoms with Gasteiger partial charge in [0.2, 0.25) is 0 Å². The second-order valence-electron chi connectivity index (χ2n) is 6.32. The number of benzene rings is 1. The lowest BCUT2D eigenvalue weighted by atomic mass is 10.0. The molecule has 1 aliphatic heterocycles. The van der Waals surface area contributed by atoms with Gasteiger partial charge in [-0.05, 0) is 43.2 Å². The standard InChI is InChI=1S/C18H15ClN6/c1-10-17-13(22-21-10)6-7-14(20-17)18-24-23-16-9-8-15(25(16)18)11-2-4-12(19)5-3-11/h2-7,15H,8-9H2,1H3,(H,21,22). The summed E-state index contributed by atoms with van der Waals surface area (Å²) in [6.45, 7) is 1.94. The highest BCUT2D eigenvalue weighted by Gasteiger charge is 2.29. The Morgan fingerprint density at radius 2 is 1.96 bits per heavy atom. The Balaban J connectivity index is 1.64. The molecule has 0 amide bonds. The van der Waals surface area contributed by atoms with Gasteiger partial charge in [-0.2, -0.15) is 5.10 Å². The molecule has 3 aromatic heterocycles. The lowest BCUT2D eigenvalue weighted by Crippen LogP contribution is -2.08. The fourth-order valence-electron chi connectivity index (χ4n) is 3.54. The second kappa shape index (κ2) is 5.39. The third kappa shape index (κ3) is 2.25. The number of pyridine rings is 1. The van der Waals surface area contributed by atoms with Gasteiger partial charge in [0.25, 0.3) is 0 Å². The van der Waals surface area contributed by atoms with Gasteiger partial charge >= 0.3 is 0 Å². The lowest BCUT2D eigenvalue weighted by molar-refractivity contribution is 0.621. The average Bonchev–Trinajstić information content (AvgIpc) is 3.31. The number of rotatable bonds is 2. The maximum atomic E-state index is 6.03. The molecule has 0 radical (unpaired) electrons.